The third kappa shape index (κ3) is 1.53. The molecule has 2 rings (SSSR count). The minimum absolute atomic E-state index is 0.158. The van der Waals surface area contributed by atoms with Gasteiger partial charge in [-0.25, -0.2) is 0 Å². The highest BCUT2D eigenvalue weighted by Gasteiger charge is 2.47. The molecule has 1 saturated heterocycles. The van der Waals surface area contributed by atoms with Gasteiger partial charge in [0.05, 0.1) is 12.7 Å². The summed E-state index contributed by atoms with van der Waals surface area (Å²) < 4.78 is 4.99. The van der Waals surface area contributed by atoms with E-state index in [1.54, 1.807) is 0 Å². The van der Waals surface area contributed by atoms with Crippen LogP contribution in [-0.4, -0.2) is 36.4 Å². The molecule has 0 bridgehead atoms. The topological polar surface area (TPSA) is 58.6 Å². The van der Waals surface area contributed by atoms with Crippen molar-refractivity contribution in [2.45, 2.75) is 31.9 Å². The van der Waals surface area contributed by atoms with Crippen molar-refractivity contribution in [1.29, 1.82) is 0 Å². The van der Waals surface area contributed by atoms with Gasteiger partial charge in [-0.1, -0.05) is 0 Å². The predicted molar refractivity (Wildman–Crippen MR) is 50.6 cm³/mol. The Kier molecular flexibility index (Phi) is 2.74. The highest BCUT2D eigenvalue weighted by atomic mass is 16.5. The number of carbonyl (C=O) groups is 1. The molecule has 2 fully saturated rings. The maximum absolute atomic E-state index is 11.5. The molecule has 2 aliphatic rings. The van der Waals surface area contributed by atoms with Gasteiger partial charge in [0.1, 0.15) is 6.04 Å². The van der Waals surface area contributed by atoms with Crippen molar-refractivity contribution in [2.75, 3.05) is 13.2 Å². The lowest BCUT2D eigenvalue weighted by Crippen LogP contribution is -2.37. The third-order valence-corrected chi connectivity index (χ3v) is 3.38. The van der Waals surface area contributed by atoms with Gasteiger partial charge in [0.15, 0.2) is 0 Å². The number of hydrogen-bond donors (Lipinski definition) is 2. The summed E-state index contributed by atoms with van der Waals surface area (Å²) in [4.78, 5) is 11.5. The molecule has 4 heteroatoms. The van der Waals surface area contributed by atoms with Crippen LogP contribution >= 0.6 is 0 Å². The van der Waals surface area contributed by atoms with Crippen LogP contribution in [0.4, 0.5) is 0 Å². The van der Waals surface area contributed by atoms with Gasteiger partial charge in [0.25, 0.3) is 0 Å². The molecule has 0 radical (unpaired) electrons. The number of nitrogens with one attached hydrogen (secondary N) is 1. The molecular formula is C10H17NO3. The smallest absolute Gasteiger partial charge is 0.323 e. The highest BCUT2D eigenvalue weighted by Crippen LogP contribution is 2.38. The number of hydrogen-bond acceptors (Lipinski definition) is 4. The Morgan fingerprint density at radius 2 is 2.29 bits per heavy atom. The second-order valence-corrected chi connectivity index (χ2v) is 4.11. The lowest BCUT2D eigenvalue weighted by atomic mass is 9.93. The number of ether oxygens (including phenoxy) is 1. The summed E-state index contributed by atoms with van der Waals surface area (Å²) in [5, 5.41) is 12.8. The largest absolute Gasteiger partial charge is 0.465 e. The SMILES string of the molecule is CCOC(=O)[C@H]1NC[C@@H]2C(O)CC[C@H]12. The Labute approximate surface area is 83.6 Å². The van der Waals surface area contributed by atoms with Crippen molar-refractivity contribution in [2.24, 2.45) is 11.8 Å². The van der Waals surface area contributed by atoms with Crippen LogP contribution < -0.4 is 5.32 Å². The van der Waals surface area contributed by atoms with E-state index in [1.165, 1.54) is 0 Å². The quantitative estimate of drug-likeness (QED) is 0.610. The number of esters is 1. The zero-order valence-corrected chi connectivity index (χ0v) is 8.40. The minimum Gasteiger partial charge on any atom is -0.465 e. The van der Waals surface area contributed by atoms with Crippen LogP contribution in [0.2, 0.25) is 0 Å². The molecule has 0 aromatic rings. The van der Waals surface area contributed by atoms with Crippen LogP contribution in [0, 0.1) is 11.8 Å². The molecule has 2 N–H and O–H groups in total. The first-order valence-corrected chi connectivity index (χ1v) is 5.32. The Balaban J connectivity index is 1.99. The van der Waals surface area contributed by atoms with Crippen molar-refractivity contribution in [3.05, 3.63) is 0 Å². The average Bonchev–Trinajstić information content (AvgIpc) is 2.69. The summed E-state index contributed by atoms with van der Waals surface area (Å²) >= 11 is 0. The van der Waals surface area contributed by atoms with Gasteiger partial charge in [-0.2, -0.15) is 0 Å². The van der Waals surface area contributed by atoms with Gasteiger partial charge < -0.3 is 15.2 Å². The zero-order chi connectivity index (χ0) is 10.1. The lowest BCUT2D eigenvalue weighted by Gasteiger charge is -2.16. The van der Waals surface area contributed by atoms with E-state index >= 15 is 0 Å². The van der Waals surface area contributed by atoms with Gasteiger partial charge in [-0.3, -0.25) is 4.79 Å². The van der Waals surface area contributed by atoms with E-state index in [2.05, 4.69) is 5.32 Å². The van der Waals surface area contributed by atoms with Crippen LogP contribution in [0.3, 0.4) is 0 Å². The molecule has 0 aromatic carbocycles. The fraction of sp³-hybridized carbons (Fsp3) is 0.900. The van der Waals surface area contributed by atoms with Crippen molar-refractivity contribution in [1.82, 2.24) is 5.32 Å². The monoisotopic (exact) mass is 199 g/mol. The molecule has 0 aromatic heterocycles. The Hall–Kier alpha value is -0.610. The summed E-state index contributed by atoms with van der Waals surface area (Å²) in [6, 6.07) is -0.183. The molecule has 1 aliphatic carbocycles. The normalized spacial score (nSPS) is 41.0. The van der Waals surface area contributed by atoms with Gasteiger partial charge in [-0.05, 0) is 25.7 Å². The number of rotatable bonds is 2. The van der Waals surface area contributed by atoms with Crippen molar-refractivity contribution >= 4 is 5.97 Å². The zero-order valence-electron chi connectivity index (χ0n) is 8.40. The molecule has 0 spiro atoms. The Morgan fingerprint density at radius 1 is 1.50 bits per heavy atom. The number of aliphatic hydroxyl groups excluding tert-OH is 1. The average molecular weight is 199 g/mol. The van der Waals surface area contributed by atoms with Crippen LogP contribution in [-0.2, 0) is 9.53 Å². The maximum Gasteiger partial charge on any atom is 0.323 e. The first-order valence-electron chi connectivity index (χ1n) is 5.32. The predicted octanol–water partition coefficient (Wildman–Crippen LogP) is -0.0916. The number of fused-ring (bicyclic) bond motifs is 1. The van der Waals surface area contributed by atoms with Crippen LogP contribution in [0.1, 0.15) is 19.8 Å². The first kappa shape index (κ1) is 9.93. The molecule has 0 amide bonds. The summed E-state index contributed by atoms with van der Waals surface area (Å²) in [5.74, 6) is 0.377. The summed E-state index contributed by atoms with van der Waals surface area (Å²) in [7, 11) is 0. The highest BCUT2D eigenvalue weighted by molar-refractivity contribution is 5.76. The van der Waals surface area contributed by atoms with Crippen molar-refractivity contribution in [3.63, 3.8) is 0 Å². The van der Waals surface area contributed by atoms with Gasteiger partial charge >= 0.3 is 5.97 Å². The Morgan fingerprint density at radius 3 is 3.00 bits per heavy atom. The second-order valence-electron chi connectivity index (χ2n) is 4.11. The van der Waals surface area contributed by atoms with E-state index in [0.717, 1.165) is 19.4 Å². The lowest BCUT2D eigenvalue weighted by molar-refractivity contribution is -0.146. The molecular weight excluding hydrogens is 182 g/mol. The molecule has 14 heavy (non-hydrogen) atoms. The molecule has 4 atom stereocenters. The molecule has 80 valence electrons. The maximum atomic E-state index is 11.5. The van der Waals surface area contributed by atoms with Crippen molar-refractivity contribution < 1.29 is 14.6 Å². The molecule has 1 heterocycles. The first-order chi connectivity index (χ1) is 6.74. The summed E-state index contributed by atoms with van der Waals surface area (Å²) in [5.41, 5.74) is 0. The van der Waals surface area contributed by atoms with Crippen LogP contribution in [0.5, 0.6) is 0 Å². The number of aliphatic hydroxyl groups is 1. The fourth-order valence-electron chi connectivity index (χ4n) is 2.68. The van der Waals surface area contributed by atoms with Crippen molar-refractivity contribution in [3.8, 4) is 0 Å². The van der Waals surface area contributed by atoms with Crippen LogP contribution in [0.15, 0.2) is 0 Å². The summed E-state index contributed by atoms with van der Waals surface area (Å²) in [6.45, 7) is 2.99. The minimum atomic E-state index is -0.230. The summed E-state index contributed by atoms with van der Waals surface area (Å²) in [6.07, 6.45) is 1.53. The molecule has 1 saturated carbocycles. The molecule has 4 nitrogen and oxygen atoms in total. The van der Waals surface area contributed by atoms with E-state index < -0.39 is 0 Å². The Bertz CT molecular complexity index is 231. The van der Waals surface area contributed by atoms with E-state index in [1.807, 2.05) is 6.92 Å². The fourth-order valence-corrected chi connectivity index (χ4v) is 2.68. The van der Waals surface area contributed by atoms with Gasteiger partial charge in [0, 0.05) is 12.5 Å². The van der Waals surface area contributed by atoms with E-state index in [-0.39, 0.29) is 30.0 Å². The number of carbonyl (C=O) groups excluding carboxylic acids is 1. The third-order valence-electron chi connectivity index (χ3n) is 3.38. The van der Waals surface area contributed by atoms with E-state index in [4.69, 9.17) is 4.74 Å². The van der Waals surface area contributed by atoms with E-state index in [0.29, 0.717) is 6.61 Å². The van der Waals surface area contributed by atoms with Crippen LogP contribution in [0.25, 0.3) is 0 Å². The molecule has 1 aliphatic heterocycles. The standard InChI is InChI=1S/C10H17NO3/c1-2-14-10(13)9-6-3-4-8(12)7(6)5-11-9/h6-9,11-12H,2-5H2,1H3/t6-,7-,8?,9-/m0/s1. The van der Waals surface area contributed by atoms with E-state index in [9.17, 15) is 9.90 Å². The van der Waals surface area contributed by atoms with Gasteiger partial charge in [-0.15, -0.1) is 0 Å². The van der Waals surface area contributed by atoms with Gasteiger partial charge in [0.2, 0.25) is 0 Å². The second kappa shape index (κ2) is 3.87. The molecule has 1 unspecified atom stereocenters.